The second-order valence-corrected chi connectivity index (χ2v) is 7.39. The predicted octanol–water partition coefficient (Wildman–Crippen LogP) is 3.25. The van der Waals surface area contributed by atoms with Gasteiger partial charge in [-0.25, -0.2) is 18.0 Å². The molecule has 0 spiro atoms. The molecule has 0 aliphatic heterocycles. The lowest BCUT2D eigenvalue weighted by Gasteiger charge is -2.19. The molecule has 13 heteroatoms. The van der Waals surface area contributed by atoms with Gasteiger partial charge in [-0.1, -0.05) is 0 Å². The molecule has 1 aromatic rings. The zero-order valence-corrected chi connectivity index (χ0v) is 18.4. The van der Waals surface area contributed by atoms with Gasteiger partial charge in [-0.15, -0.1) is 0 Å². The van der Waals surface area contributed by atoms with E-state index >= 15 is 0 Å². The fourth-order valence-corrected chi connectivity index (χ4v) is 2.08. The zero-order chi connectivity index (χ0) is 25.0. The summed E-state index contributed by atoms with van der Waals surface area (Å²) in [5, 5.41) is 2.52. The van der Waals surface area contributed by atoms with Crippen LogP contribution in [0, 0.1) is 29.1 Å². The van der Waals surface area contributed by atoms with Crippen LogP contribution in [0.2, 0.25) is 0 Å². The van der Waals surface area contributed by atoms with Crippen molar-refractivity contribution in [3.8, 4) is 5.75 Å². The number of halogens is 5. The topological polar surface area (TPSA) is 92.3 Å². The predicted molar refractivity (Wildman–Crippen MR) is 103 cm³/mol. The maximum absolute atomic E-state index is 13.4. The summed E-state index contributed by atoms with van der Waals surface area (Å²) in [4.78, 5) is 22.9. The van der Waals surface area contributed by atoms with Crippen LogP contribution in [-0.4, -0.2) is 63.8 Å². The summed E-state index contributed by atoms with van der Waals surface area (Å²) in [7, 11) is 0. The summed E-state index contributed by atoms with van der Waals surface area (Å²) in [6.07, 6.45) is -1.04. The Bertz CT molecular complexity index is 773. The van der Waals surface area contributed by atoms with E-state index in [9.17, 15) is 31.5 Å². The molecule has 0 aromatic heterocycles. The minimum Gasteiger partial charge on any atom is -0.444 e. The highest BCUT2D eigenvalue weighted by atomic mass is 19.2. The molecule has 0 aliphatic rings. The first-order valence-electron chi connectivity index (χ1n) is 9.86. The molecule has 0 atom stereocenters. The summed E-state index contributed by atoms with van der Waals surface area (Å²) in [6, 6.07) is 0. The summed E-state index contributed by atoms with van der Waals surface area (Å²) in [5.74, 6) is -14.2. The number of alkyl carbamates (subject to hydrolysis) is 1. The number of carbonyl (C=O) groups excluding carboxylic acids is 2. The van der Waals surface area contributed by atoms with Crippen LogP contribution in [0.25, 0.3) is 0 Å². The van der Waals surface area contributed by atoms with Crippen molar-refractivity contribution in [3.63, 3.8) is 0 Å². The van der Waals surface area contributed by atoms with Crippen molar-refractivity contribution in [1.29, 1.82) is 0 Å². The molecule has 1 rings (SSSR count). The van der Waals surface area contributed by atoms with Crippen LogP contribution < -0.4 is 10.1 Å². The molecule has 8 nitrogen and oxygen atoms in total. The number of ether oxygens (including phenoxy) is 5. The van der Waals surface area contributed by atoms with Crippen molar-refractivity contribution in [2.24, 2.45) is 0 Å². The maximum Gasteiger partial charge on any atom is 0.407 e. The SMILES string of the molecule is CC(C)(C)OC(=O)NCCOCCOCCOCCC(=O)Oc1c(F)c(F)c(F)c(F)c1F. The van der Waals surface area contributed by atoms with E-state index in [4.69, 9.17) is 18.9 Å². The third-order valence-electron chi connectivity index (χ3n) is 3.49. The summed E-state index contributed by atoms with van der Waals surface area (Å²) < 4.78 is 90.7. The van der Waals surface area contributed by atoms with Crippen molar-refractivity contribution in [1.82, 2.24) is 5.32 Å². The summed E-state index contributed by atoms with van der Waals surface area (Å²) >= 11 is 0. The van der Waals surface area contributed by atoms with Gasteiger partial charge in [0.25, 0.3) is 0 Å². The van der Waals surface area contributed by atoms with Crippen molar-refractivity contribution >= 4 is 12.1 Å². The first-order chi connectivity index (χ1) is 15.4. The Morgan fingerprint density at radius 1 is 0.727 bits per heavy atom. The standard InChI is InChI=1S/C20H26F5NO7/c1-20(2,3)33-19(28)26-5-7-30-9-11-31-10-8-29-6-4-12(27)32-18-16(24)14(22)13(21)15(23)17(18)25/h4-11H2,1-3H3,(H,26,28). The smallest absolute Gasteiger partial charge is 0.407 e. The second kappa shape index (κ2) is 13.9. The highest BCUT2D eigenvalue weighted by Crippen LogP contribution is 2.29. The zero-order valence-electron chi connectivity index (χ0n) is 18.4. The van der Waals surface area contributed by atoms with Crippen LogP contribution in [0.15, 0.2) is 0 Å². The summed E-state index contributed by atoms with van der Waals surface area (Å²) in [5.41, 5.74) is -0.585. The molecule has 1 aromatic carbocycles. The molecule has 0 radical (unpaired) electrons. The Morgan fingerprint density at radius 2 is 1.18 bits per heavy atom. The first kappa shape index (κ1) is 28.5. The average molecular weight is 487 g/mol. The number of esters is 1. The molecule has 1 amide bonds. The third-order valence-corrected chi connectivity index (χ3v) is 3.49. The van der Waals surface area contributed by atoms with Crippen LogP contribution >= 0.6 is 0 Å². The van der Waals surface area contributed by atoms with Gasteiger partial charge in [0.05, 0.1) is 46.1 Å². The van der Waals surface area contributed by atoms with Crippen molar-refractivity contribution in [3.05, 3.63) is 29.1 Å². The number of hydrogen-bond donors (Lipinski definition) is 1. The molecule has 0 saturated carbocycles. The quantitative estimate of drug-likeness (QED) is 0.114. The first-order valence-corrected chi connectivity index (χ1v) is 9.86. The van der Waals surface area contributed by atoms with E-state index in [0.717, 1.165) is 0 Å². The fourth-order valence-electron chi connectivity index (χ4n) is 2.08. The molecule has 0 aliphatic carbocycles. The number of hydrogen-bond acceptors (Lipinski definition) is 7. The van der Waals surface area contributed by atoms with Crippen LogP contribution in [-0.2, 0) is 23.7 Å². The molecule has 0 heterocycles. The van der Waals surface area contributed by atoms with Crippen molar-refractivity contribution in [2.45, 2.75) is 32.8 Å². The molecule has 1 N–H and O–H groups in total. The molecule has 0 fully saturated rings. The van der Waals surface area contributed by atoms with E-state index in [0.29, 0.717) is 0 Å². The lowest BCUT2D eigenvalue weighted by atomic mass is 10.2. The van der Waals surface area contributed by atoms with E-state index < -0.39 is 58.9 Å². The number of carbonyl (C=O) groups is 2. The lowest BCUT2D eigenvalue weighted by Crippen LogP contribution is -2.34. The molecule has 188 valence electrons. The van der Waals surface area contributed by atoms with Crippen LogP contribution in [0.5, 0.6) is 5.75 Å². The molecule has 0 unspecified atom stereocenters. The number of benzene rings is 1. The number of amides is 1. The molecule has 0 saturated heterocycles. The Morgan fingerprint density at radius 3 is 1.70 bits per heavy atom. The van der Waals surface area contributed by atoms with E-state index in [-0.39, 0.29) is 46.2 Å². The minimum absolute atomic E-state index is 0.0655. The number of rotatable bonds is 13. The minimum atomic E-state index is -2.35. The normalized spacial score (nSPS) is 11.4. The van der Waals surface area contributed by atoms with E-state index in [1.165, 1.54) is 0 Å². The largest absolute Gasteiger partial charge is 0.444 e. The average Bonchev–Trinajstić information content (AvgIpc) is 2.73. The van der Waals surface area contributed by atoms with Crippen LogP contribution in [0.4, 0.5) is 26.7 Å². The van der Waals surface area contributed by atoms with E-state index in [1.807, 2.05) is 0 Å². The van der Waals surface area contributed by atoms with Gasteiger partial charge in [-0.3, -0.25) is 4.79 Å². The van der Waals surface area contributed by atoms with Gasteiger partial charge in [0, 0.05) is 6.54 Å². The molecular formula is C20H26F5NO7. The van der Waals surface area contributed by atoms with E-state index in [1.54, 1.807) is 20.8 Å². The summed E-state index contributed by atoms with van der Waals surface area (Å²) in [6.45, 7) is 6.22. The van der Waals surface area contributed by atoms with Gasteiger partial charge < -0.3 is 29.0 Å². The van der Waals surface area contributed by atoms with Gasteiger partial charge in [0.15, 0.2) is 0 Å². The molecule has 0 bridgehead atoms. The Balaban J connectivity index is 2.07. The van der Waals surface area contributed by atoms with Crippen molar-refractivity contribution < 1.29 is 55.2 Å². The van der Waals surface area contributed by atoms with Gasteiger partial charge in [-0.05, 0) is 20.8 Å². The van der Waals surface area contributed by atoms with Crippen LogP contribution in [0.3, 0.4) is 0 Å². The van der Waals surface area contributed by atoms with Gasteiger partial charge in [0.2, 0.25) is 34.8 Å². The third kappa shape index (κ3) is 10.8. The van der Waals surface area contributed by atoms with E-state index in [2.05, 4.69) is 10.1 Å². The second-order valence-electron chi connectivity index (χ2n) is 7.39. The van der Waals surface area contributed by atoms with Gasteiger partial charge >= 0.3 is 12.1 Å². The Labute approximate surface area is 187 Å². The van der Waals surface area contributed by atoms with Crippen molar-refractivity contribution in [2.75, 3.05) is 46.2 Å². The fraction of sp³-hybridized carbons (Fsp3) is 0.600. The molecular weight excluding hydrogens is 461 g/mol. The maximum atomic E-state index is 13.4. The Hall–Kier alpha value is -2.51. The van der Waals surface area contributed by atoms with Crippen LogP contribution in [0.1, 0.15) is 27.2 Å². The number of nitrogens with one attached hydrogen (secondary N) is 1. The van der Waals surface area contributed by atoms with Gasteiger partial charge in [0.1, 0.15) is 5.60 Å². The highest BCUT2D eigenvalue weighted by molar-refractivity contribution is 5.72. The lowest BCUT2D eigenvalue weighted by molar-refractivity contribution is -0.136. The molecule has 33 heavy (non-hydrogen) atoms. The van der Waals surface area contributed by atoms with Gasteiger partial charge in [-0.2, -0.15) is 8.78 Å². The monoisotopic (exact) mass is 487 g/mol. The Kier molecular flexibility index (Phi) is 12.0. The highest BCUT2D eigenvalue weighted by Gasteiger charge is 2.28.